The van der Waals surface area contributed by atoms with Crippen molar-refractivity contribution in [2.24, 2.45) is 0 Å². The molecule has 2 amide bonds. The molecule has 0 aliphatic heterocycles. The average molecular weight is 326 g/mol. The van der Waals surface area contributed by atoms with Gasteiger partial charge in [-0.3, -0.25) is 9.59 Å². The molecule has 0 aromatic heterocycles. The molecule has 0 aliphatic carbocycles. The number of hydrogen-bond acceptors (Lipinski definition) is 3. The first-order chi connectivity index (χ1) is 11.7. The average Bonchev–Trinajstić information content (AvgIpc) is 2.62. The number of anilines is 1. The topological polar surface area (TPSA) is 69.6 Å². The van der Waals surface area contributed by atoms with Crippen molar-refractivity contribution in [3.8, 4) is 0 Å². The summed E-state index contributed by atoms with van der Waals surface area (Å²) >= 11 is 0. The van der Waals surface area contributed by atoms with Crippen LogP contribution >= 0.6 is 0 Å². The molecule has 0 fully saturated rings. The first-order valence-electron chi connectivity index (χ1n) is 8.03. The van der Waals surface area contributed by atoms with E-state index in [0.717, 1.165) is 6.42 Å². The molecular formula is C19H22N2O3. The summed E-state index contributed by atoms with van der Waals surface area (Å²) in [7, 11) is 0. The molecule has 0 saturated heterocycles. The quantitative estimate of drug-likeness (QED) is 0.822. The summed E-state index contributed by atoms with van der Waals surface area (Å²) in [6, 6.07) is 15.8. The number of rotatable bonds is 7. The zero-order chi connectivity index (χ0) is 17.4. The number of hydrogen-bond donors (Lipinski definition) is 2. The van der Waals surface area contributed by atoms with E-state index in [-0.39, 0.29) is 25.0 Å². The number of aliphatic hydroxyl groups is 1. The van der Waals surface area contributed by atoms with Crippen LogP contribution in [0.2, 0.25) is 0 Å². The van der Waals surface area contributed by atoms with Crippen molar-refractivity contribution in [3.63, 3.8) is 0 Å². The Kier molecular flexibility index (Phi) is 6.51. The second kappa shape index (κ2) is 8.84. The molecule has 0 bridgehead atoms. The van der Waals surface area contributed by atoms with Gasteiger partial charge in [0.1, 0.15) is 0 Å². The van der Waals surface area contributed by atoms with E-state index in [9.17, 15) is 9.59 Å². The molecule has 2 aromatic carbocycles. The third-order valence-corrected chi connectivity index (χ3v) is 3.59. The van der Waals surface area contributed by atoms with Crippen LogP contribution in [-0.4, -0.2) is 41.5 Å². The number of aliphatic hydroxyl groups excluding tert-OH is 1. The van der Waals surface area contributed by atoms with Gasteiger partial charge >= 0.3 is 0 Å². The molecule has 0 spiro atoms. The molecule has 2 rings (SSSR count). The van der Waals surface area contributed by atoms with Crippen molar-refractivity contribution in [2.75, 3.05) is 25.0 Å². The molecule has 2 aromatic rings. The fourth-order valence-corrected chi connectivity index (χ4v) is 2.44. The Hall–Kier alpha value is -2.66. The maximum atomic E-state index is 12.7. The summed E-state index contributed by atoms with van der Waals surface area (Å²) in [5, 5.41) is 12.0. The van der Waals surface area contributed by atoms with Gasteiger partial charge in [-0.25, -0.2) is 0 Å². The van der Waals surface area contributed by atoms with Crippen LogP contribution < -0.4 is 5.32 Å². The van der Waals surface area contributed by atoms with Crippen LogP contribution in [0.1, 0.15) is 34.1 Å². The largest absolute Gasteiger partial charge is 0.395 e. The Labute approximate surface area is 141 Å². The minimum Gasteiger partial charge on any atom is -0.395 e. The molecule has 0 atom stereocenters. The van der Waals surface area contributed by atoms with E-state index >= 15 is 0 Å². The van der Waals surface area contributed by atoms with Crippen molar-refractivity contribution in [1.29, 1.82) is 0 Å². The highest BCUT2D eigenvalue weighted by Gasteiger charge is 2.19. The van der Waals surface area contributed by atoms with Gasteiger partial charge in [-0.1, -0.05) is 37.3 Å². The van der Waals surface area contributed by atoms with E-state index in [1.165, 1.54) is 0 Å². The van der Waals surface area contributed by atoms with Gasteiger partial charge in [0.05, 0.1) is 17.9 Å². The van der Waals surface area contributed by atoms with E-state index in [1.54, 1.807) is 53.4 Å². The van der Waals surface area contributed by atoms with Crippen molar-refractivity contribution in [2.45, 2.75) is 13.3 Å². The molecule has 126 valence electrons. The zero-order valence-electron chi connectivity index (χ0n) is 13.7. The van der Waals surface area contributed by atoms with Crippen LogP contribution in [0.3, 0.4) is 0 Å². The van der Waals surface area contributed by atoms with Crippen molar-refractivity contribution < 1.29 is 14.7 Å². The molecular weight excluding hydrogens is 304 g/mol. The normalized spacial score (nSPS) is 10.2. The van der Waals surface area contributed by atoms with Crippen molar-refractivity contribution in [3.05, 3.63) is 65.7 Å². The van der Waals surface area contributed by atoms with Crippen LogP contribution in [0.25, 0.3) is 0 Å². The Morgan fingerprint density at radius 1 is 1.00 bits per heavy atom. The molecule has 24 heavy (non-hydrogen) atoms. The number of amides is 2. The Morgan fingerprint density at radius 3 is 2.33 bits per heavy atom. The lowest BCUT2D eigenvalue weighted by molar-refractivity contribution is 0.0723. The van der Waals surface area contributed by atoms with Crippen LogP contribution in [0.15, 0.2) is 54.6 Å². The highest BCUT2D eigenvalue weighted by molar-refractivity contribution is 6.08. The van der Waals surface area contributed by atoms with Crippen LogP contribution in [-0.2, 0) is 0 Å². The highest BCUT2D eigenvalue weighted by Crippen LogP contribution is 2.18. The maximum absolute atomic E-state index is 12.7. The molecule has 0 saturated carbocycles. The lowest BCUT2D eigenvalue weighted by Crippen LogP contribution is -2.34. The lowest BCUT2D eigenvalue weighted by atomic mass is 10.1. The third kappa shape index (κ3) is 4.43. The second-order valence-electron chi connectivity index (χ2n) is 5.38. The molecule has 5 heteroatoms. The number of carbonyl (C=O) groups excluding carboxylic acids is 2. The van der Waals surface area contributed by atoms with Gasteiger partial charge < -0.3 is 15.3 Å². The summed E-state index contributed by atoms with van der Waals surface area (Å²) < 4.78 is 0. The van der Waals surface area contributed by atoms with Gasteiger partial charge in [-0.15, -0.1) is 0 Å². The number of nitrogens with zero attached hydrogens (tertiary/aromatic N) is 1. The van der Waals surface area contributed by atoms with Gasteiger partial charge in [0.15, 0.2) is 0 Å². The van der Waals surface area contributed by atoms with Gasteiger partial charge in [0.25, 0.3) is 11.8 Å². The van der Waals surface area contributed by atoms with E-state index in [0.29, 0.717) is 23.4 Å². The van der Waals surface area contributed by atoms with Crippen LogP contribution in [0.4, 0.5) is 5.69 Å². The second-order valence-corrected chi connectivity index (χ2v) is 5.38. The lowest BCUT2D eigenvalue weighted by Gasteiger charge is -2.22. The molecule has 0 unspecified atom stereocenters. The third-order valence-electron chi connectivity index (χ3n) is 3.59. The molecule has 5 nitrogen and oxygen atoms in total. The summed E-state index contributed by atoms with van der Waals surface area (Å²) in [6.45, 7) is 2.71. The fraction of sp³-hybridized carbons (Fsp3) is 0.263. The first kappa shape index (κ1) is 17.7. The van der Waals surface area contributed by atoms with Crippen molar-refractivity contribution >= 4 is 17.5 Å². The molecule has 0 aliphatic rings. The van der Waals surface area contributed by atoms with Crippen LogP contribution in [0, 0.1) is 0 Å². The van der Waals surface area contributed by atoms with Gasteiger partial charge in [0.2, 0.25) is 0 Å². The SMILES string of the molecule is CCCN(CCO)C(=O)c1ccccc1NC(=O)c1ccccc1. The van der Waals surface area contributed by atoms with Crippen molar-refractivity contribution in [1.82, 2.24) is 4.90 Å². The van der Waals surface area contributed by atoms with E-state index in [1.807, 2.05) is 13.0 Å². The van der Waals surface area contributed by atoms with Gasteiger partial charge in [-0.05, 0) is 30.7 Å². The zero-order valence-corrected chi connectivity index (χ0v) is 13.7. The van der Waals surface area contributed by atoms with Gasteiger partial charge in [0, 0.05) is 18.7 Å². The Balaban J connectivity index is 2.23. The monoisotopic (exact) mass is 326 g/mol. The summed E-state index contributed by atoms with van der Waals surface area (Å²) in [5.41, 5.74) is 1.42. The summed E-state index contributed by atoms with van der Waals surface area (Å²) in [5.74, 6) is -0.463. The minimum absolute atomic E-state index is 0.0930. The van der Waals surface area contributed by atoms with E-state index in [4.69, 9.17) is 5.11 Å². The van der Waals surface area contributed by atoms with Gasteiger partial charge in [-0.2, -0.15) is 0 Å². The predicted octanol–water partition coefficient (Wildman–Crippen LogP) is 2.78. The molecule has 0 radical (unpaired) electrons. The standard InChI is InChI=1S/C19H22N2O3/c1-2-12-21(13-14-22)19(24)16-10-6-7-11-17(16)20-18(23)15-8-4-3-5-9-15/h3-11,22H,2,12-14H2,1H3,(H,20,23). The summed E-state index contributed by atoms with van der Waals surface area (Å²) in [6.07, 6.45) is 0.796. The molecule has 0 heterocycles. The smallest absolute Gasteiger partial charge is 0.256 e. The molecule has 2 N–H and O–H groups in total. The fourth-order valence-electron chi connectivity index (χ4n) is 2.44. The number of para-hydroxylation sites is 1. The summed E-state index contributed by atoms with van der Waals surface area (Å²) in [4.78, 5) is 26.7. The van der Waals surface area contributed by atoms with E-state index < -0.39 is 0 Å². The first-order valence-corrected chi connectivity index (χ1v) is 8.03. The minimum atomic E-state index is -0.264. The maximum Gasteiger partial charge on any atom is 0.256 e. The number of carbonyl (C=O) groups is 2. The Bertz CT molecular complexity index is 680. The van der Waals surface area contributed by atoms with Crippen LogP contribution in [0.5, 0.6) is 0 Å². The number of nitrogens with one attached hydrogen (secondary N) is 1. The predicted molar refractivity (Wildman–Crippen MR) is 94.1 cm³/mol. The number of benzene rings is 2. The van der Waals surface area contributed by atoms with E-state index in [2.05, 4.69) is 5.32 Å². The Morgan fingerprint density at radius 2 is 1.67 bits per heavy atom. The highest BCUT2D eigenvalue weighted by atomic mass is 16.3.